The highest BCUT2D eigenvalue weighted by atomic mass is 35.5. The first kappa shape index (κ1) is 18.4. The zero-order chi connectivity index (χ0) is 19.8. The van der Waals surface area contributed by atoms with Gasteiger partial charge in [0.15, 0.2) is 0 Å². The zero-order valence-corrected chi connectivity index (χ0v) is 16.2. The van der Waals surface area contributed by atoms with E-state index in [0.29, 0.717) is 28.2 Å². The lowest BCUT2D eigenvalue weighted by atomic mass is 10.1. The van der Waals surface area contributed by atoms with Crippen LogP contribution in [-0.2, 0) is 6.54 Å². The van der Waals surface area contributed by atoms with Crippen molar-refractivity contribution in [2.24, 2.45) is 0 Å². The number of hydrogen-bond donors (Lipinski definition) is 0. The van der Waals surface area contributed by atoms with Crippen LogP contribution in [-0.4, -0.2) is 19.6 Å². The molecule has 0 aliphatic carbocycles. The van der Waals surface area contributed by atoms with E-state index in [0.717, 1.165) is 11.3 Å². The highest BCUT2D eigenvalue weighted by Crippen LogP contribution is 2.23. The minimum Gasteiger partial charge on any atom is -0.265 e. The summed E-state index contributed by atoms with van der Waals surface area (Å²) in [4.78, 5) is 13.2. The predicted octanol–water partition coefficient (Wildman–Crippen LogP) is 4.55. The Labute approximate surface area is 166 Å². The van der Waals surface area contributed by atoms with E-state index in [9.17, 15) is 9.18 Å². The van der Waals surface area contributed by atoms with Gasteiger partial charge in [-0.15, -0.1) is 0 Å². The number of fused-ring (bicyclic) bond motifs is 1. The van der Waals surface area contributed by atoms with Crippen LogP contribution in [0.3, 0.4) is 0 Å². The van der Waals surface area contributed by atoms with Crippen molar-refractivity contribution >= 4 is 22.5 Å². The average molecular weight is 397 g/mol. The molecule has 2 aromatic carbocycles. The smallest absolute Gasteiger partial charge is 0.265 e. The fraction of sp³-hybridized carbons (Fsp3) is 0.190. The lowest BCUT2D eigenvalue weighted by molar-refractivity contribution is 0.612. The van der Waals surface area contributed by atoms with Gasteiger partial charge in [-0.25, -0.2) is 13.8 Å². The van der Waals surface area contributed by atoms with Crippen LogP contribution >= 0.6 is 11.6 Å². The summed E-state index contributed by atoms with van der Waals surface area (Å²) >= 11 is 5.95. The van der Waals surface area contributed by atoms with Crippen molar-refractivity contribution in [3.8, 4) is 5.69 Å². The molecule has 0 aliphatic rings. The number of aromatic nitrogens is 4. The van der Waals surface area contributed by atoms with E-state index in [-0.39, 0.29) is 17.3 Å². The molecular weight excluding hydrogens is 379 g/mol. The van der Waals surface area contributed by atoms with Gasteiger partial charge >= 0.3 is 0 Å². The third-order valence-electron chi connectivity index (χ3n) is 4.57. The summed E-state index contributed by atoms with van der Waals surface area (Å²) in [6, 6.07) is 13.2. The first-order valence-electron chi connectivity index (χ1n) is 8.93. The molecule has 7 heteroatoms. The van der Waals surface area contributed by atoms with Crippen LogP contribution in [0.1, 0.15) is 31.0 Å². The van der Waals surface area contributed by atoms with E-state index in [2.05, 4.69) is 10.2 Å². The Balaban J connectivity index is 1.92. The van der Waals surface area contributed by atoms with E-state index >= 15 is 0 Å². The van der Waals surface area contributed by atoms with Crippen LogP contribution < -0.4 is 5.56 Å². The van der Waals surface area contributed by atoms with Crippen LogP contribution in [0.2, 0.25) is 5.02 Å². The van der Waals surface area contributed by atoms with Gasteiger partial charge in [-0.2, -0.15) is 10.2 Å². The van der Waals surface area contributed by atoms with Crippen molar-refractivity contribution < 1.29 is 4.39 Å². The van der Waals surface area contributed by atoms with Gasteiger partial charge < -0.3 is 0 Å². The largest absolute Gasteiger partial charge is 0.293 e. The Kier molecular flexibility index (Phi) is 4.73. The molecule has 0 atom stereocenters. The molecule has 0 N–H and O–H groups in total. The molecule has 0 radical (unpaired) electrons. The zero-order valence-electron chi connectivity index (χ0n) is 15.4. The van der Waals surface area contributed by atoms with E-state index < -0.39 is 0 Å². The van der Waals surface area contributed by atoms with Gasteiger partial charge in [0.25, 0.3) is 5.56 Å². The lowest BCUT2D eigenvalue weighted by Gasteiger charge is -2.12. The van der Waals surface area contributed by atoms with Crippen molar-refractivity contribution in [3.63, 3.8) is 0 Å². The number of nitrogens with zero attached hydrogens (tertiary/aromatic N) is 4. The van der Waals surface area contributed by atoms with Gasteiger partial charge in [0, 0.05) is 10.4 Å². The Bertz CT molecular complexity index is 1190. The predicted molar refractivity (Wildman–Crippen MR) is 108 cm³/mol. The highest BCUT2D eigenvalue weighted by molar-refractivity contribution is 6.30. The summed E-state index contributed by atoms with van der Waals surface area (Å²) < 4.78 is 16.3. The summed E-state index contributed by atoms with van der Waals surface area (Å²) in [5.74, 6) is -0.240. The second kappa shape index (κ2) is 7.20. The number of hydrogen-bond acceptors (Lipinski definition) is 3. The summed E-state index contributed by atoms with van der Waals surface area (Å²) in [6.45, 7) is 4.36. The molecule has 0 spiro atoms. The molecule has 4 aromatic rings. The second-order valence-electron chi connectivity index (χ2n) is 6.92. The summed E-state index contributed by atoms with van der Waals surface area (Å²) in [6.07, 6.45) is 1.65. The van der Waals surface area contributed by atoms with Gasteiger partial charge in [-0.1, -0.05) is 37.6 Å². The molecule has 0 fully saturated rings. The number of benzene rings is 2. The molecule has 2 heterocycles. The number of halogens is 2. The highest BCUT2D eigenvalue weighted by Gasteiger charge is 2.19. The maximum absolute atomic E-state index is 13.3. The first-order chi connectivity index (χ1) is 13.4. The molecule has 4 rings (SSSR count). The molecule has 2 aromatic heterocycles. The fourth-order valence-corrected chi connectivity index (χ4v) is 3.29. The summed E-state index contributed by atoms with van der Waals surface area (Å²) in [7, 11) is 0. The summed E-state index contributed by atoms with van der Waals surface area (Å²) in [5, 5.41) is 10.3. The molecule has 5 nitrogen and oxygen atoms in total. The van der Waals surface area contributed by atoms with E-state index in [1.165, 1.54) is 16.8 Å². The molecule has 28 heavy (non-hydrogen) atoms. The third-order valence-corrected chi connectivity index (χ3v) is 4.83. The Morgan fingerprint density at radius 1 is 1.07 bits per heavy atom. The van der Waals surface area contributed by atoms with E-state index in [4.69, 9.17) is 11.6 Å². The maximum Gasteiger partial charge on any atom is 0.293 e. The normalized spacial score (nSPS) is 11.5. The standard InChI is InChI=1S/C21H18ClFN4O/c1-13(2)19-18-11-24-27(17-9-7-16(23)8-10-17)20(18)21(28)26(25-19)12-14-3-5-15(22)6-4-14/h3-11,13H,12H2,1-2H3. The molecule has 142 valence electrons. The minimum atomic E-state index is -0.343. The molecule has 0 unspecified atom stereocenters. The number of rotatable bonds is 4. The van der Waals surface area contributed by atoms with Crippen molar-refractivity contribution in [2.45, 2.75) is 26.3 Å². The van der Waals surface area contributed by atoms with Crippen LogP contribution in [0.4, 0.5) is 4.39 Å². The second-order valence-corrected chi connectivity index (χ2v) is 7.36. The maximum atomic E-state index is 13.3. The minimum absolute atomic E-state index is 0.102. The van der Waals surface area contributed by atoms with Crippen LogP contribution in [0.5, 0.6) is 0 Å². The Hall–Kier alpha value is -2.99. The molecule has 0 saturated heterocycles. The van der Waals surface area contributed by atoms with Crippen molar-refractivity contribution in [3.05, 3.63) is 87.2 Å². The first-order valence-corrected chi connectivity index (χ1v) is 9.31. The Morgan fingerprint density at radius 2 is 1.75 bits per heavy atom. The molecule has 0 aliphatic heterocycles. The van der Waals surface area contributed by atoms with Crippen LogP contribution in [0, 0.1) is 5.82 Å². The fourth-order valence-electron chi connectivity index (χ4n) is 3.17. The van der Waals surface area contributed by atoms with E-state index in [1.807, 2.05) is 26.0 Å². The van der Waals surface area contributed by atoms with Crippen molar-refractivity contribution in [1.82, 2.24) is 19.6 Å². The van der Waals surface area contributed by atoms with Gasteiger partial charge in [0.05, 0.1) is 24.1 Å². The summed E-state index contributed by atoms with van der Waals surface area (Å²) in [5.41, 5.74) is 2.50. The monoisotopic (exact) mass is 396 g/mol. The SMILES string of the molecule is CC(C)c1nn(Cc2ccc(Cl)cc2)c(=O)c2c1cnn2-c1ccc(F)cc1. The molecule has 0 saturated carbocycles. The van der Waals surface area contributed by atoms with Crippen LogP contribution in [0.25, 0.3) is 16.6 Å². The van der Waals surface area contributed by atoms with Gasteiger partial charge in [0.1, 0.15) is 11.3 Å². The Morgan fingerprint density at radius 3 is 2.39 bits per heavy atom. The van der Waals surface area contributed by atoms with Crippen molar-refractivity contribution in [1.29, 1.82) is 0 Å². The van der Waals surface area contributed by atoms with Crippen molar-refractivity contribution in [2.75, 3.05) is 0 Å². The van der Waals surface area contributed by atoms with Crippen LogP contribution in [0.15, 0.2) is 59.5 Å². The van der Waals surface area contributed by atoms with Gasteiger partial charge in [-0.05, 0) is 47.9 Å². The quantitative estimate of drug-likeness (QED) is 0.508. The average Bonchev–Trinajstić information content (AvgIpc) is 3.11. The topological polar surface area (TPSA) is 52.7 Å². The third kappa shape index (κ3) is 3.31. The van der Waals surface area contributed by atoms with Gasteiger partial charge in [0.2, 0.25) is 0 Å². The molecule has 0 amide bonds. The molecule has 0 bridgehead atoms. The van der Waals surface area contributed by atoms with Gasteiger partial charge in [-0.3, -0.25) is 4.79 Å². The lowest BCUT2D eigenvalue weighted by Crippen LogP contribution is -2.27. The molecular formula is C21H18ClFN4O. The van der Waals surface area contributed by atoms with E-state index in [1.54, 1.807) is 35.1 Å².